The Kier molecular flexibility index (Phi) is 7.80. The molecule has 2 aromatic carbocycles. The number of hydrogen-bond acceptors (Lipinski definition) is 7. The summed E-state index contributed by atoms with van der Waals surface area (Å²) in [5, 5.41) is 14.5. The number of nitrogens with zero attached hydrogens (tertiary/aromatic N) is 5. The molecule has 0 saturated carbocycles. The van der Waals surface area contributed by atoms with Crippen molar-refractivity contribution in [2.75, 3.05) is 37.8 Å². The summed E-state index contributed by atoms with van der Waals surface area (Å²) >= 11 is 0. The largest absolute Gasteiger partial charge is 0.384 e. The van der Waals surface area contributed by atoms with Crippen LogP contribution >= 0.6 is 0 Å². The van der Waals surface area contributed by atoms with Gasteiger partial charge in [0.2, 0.25) is 5.91 Å². The fraction of sp³-hybridized carbons (Fsp3) is 0.219. The van der Waals surface area contributed by atoms with E-state index in [-0.39, 0.29) is 11.7 Å². The summed E-state index contributed by atoms with van der Waals surface area (Å²) in [5.41, 5.74) is 7.24. The van der Waals surface area contributed by atoms with E-state index >= 15 is 0 Å². The van der Waals surface area contributed by atoms with Gasteiger partial charge in [-0.15, -0.1) is 0 Å². The van der Waals surface area contributed by atoms with Gasteiger partial charge in [0.25, 0.3) is 0 Å². The quantitative estimate of drug-likeness (QED) is 0.155. The third-order valence-corrected chi connectivity index (χ3v) is 7.08. The van der Waals surface area contributed by atoms with Crippen LogP contribution in [-0.4, -0.2) is 68.1 Å². The summed E-state index contributed by atoms with van der Waals surface area (Å²) in [6.45, 7) is 3.49. The molecule has 4 aromatic heterocycles. The van der Waals surface area contributed by atoms with E-state index in [0.29, 0.717) is 47.0 Å². The lowest BCUT2D eigenvalue weighted by Crippen LogP contribution is -2.20. The second kappa shape index (κ2) is 12.0. The Hall–Kier alpha value is -5.16. The summed E-state index contributed by atoms with van der Waals surface area (Å²) in [6, 6.07) is 14.6. The number of amides is 1. The standard InChI is InChI=1S/C32H32FN9O/c1-4-6-28(43)37-24-13-20(16-34-18-24)21-14-26-30(40-41-31(26)36-17-21)32-38-27-8-5-7-25(29(27)39-32)19-11-22(33)15-23(12-19)35-9-10-42(2)3/h5,7-8,11-18,35H,4,6,9-10H2,1-3H3,(H,37,43)(H,38,39)(H,36,40,41). The first-order valence-electron chi connectivity index (χ1n) is 14.2. The molecule has 0 aliphatic heterocycles. The molecule has 0 saturated heterocycles. The van der Waals surface area contributed by atoms with Crippen molar-refractivity contribution >= 4 is 39.3 Å². The molecule has 0 aliphatic rings. The third kappa shape index (κ3) is 6.07. The third-order valence-electron chi connectivity index (χ3n) is 7.08. The zero-order valence-corrected chi connectivity index (χ0v) is 24.2. The lowest BCUT2D eigenvalue weighted by atomic mass is 10.0. The molecule has 0 unspecified atom stereocenters. The van der Waals surface area contributed by atoms with Crippen molar-refractivity contribution in [2.24, 2.45) is 0 Å². The number of hydrogen-bond donors (Lipinski definition) is 4. The maximum atomic E-state index is 14.7. The van der Waals surface area contributed by atoms with E-state index in [1.807, 2.05) is 57.4 Å². The summed E-state index contributed by atoms with van der Waals surface area (Å²) in [5.74, 6) is 0.191. The summed E-state index contributed by atoms with van der Waals surface area (Å²) in [7, 11) is 4.00. The topological polar surface area (TPSA) is 128 Å². The number of aromatic amines is 2. The van der Waals surface area contributed by atoms with Crippen LogP contribution in [0.25, 0.3) is 55.8 Å². The molecule has 6 aromatic rings. The van der Waals surface area contributed by atoms with E-state index < -0.39 is 0 Å². The number of carbonyl (C=O) groups is 1. The van der Waals surface area contributed by atoms with Gasteiger partial charge >= 0.3 is 0 Å². The SMILES string of the molecule is CCCC(=O)Nc1cncc(-c2cnc3[nH]nc(-c4nc5c(-c6cc(F)cc(NCCN(C)C)c6)cccc5[nH]4)c3c2)c1. The smallest absolute Gasteiger partial charge is 0.224 e. The number of pyridine rings is 2. The number of benzene rings is 2. The van der Waals surface area contributed by atoms with Gasteiger partial charge < -0.3 is 20.5 Å². The summed E-state index contributed by atoms with van der Waals surface area (Å²) in [4.78, 5) is 31.3. The zero-order valence-electron chi connectivity index (χ0n) is 24.2. The normalized spacial score (nSPS) is 11.5. The van der Waals surface area contributed by atoms with Crippen molar-refractivity contribution < 1.29 is 9.18 Å². The van der Waals surface area contributed by atoms with Gasteiger partial charge in [-0.2, -0.15) is 5.10 Å². The van der Waals surface area contributed by atoms with E-state index in [2.05, 4.69) is 40.7 Å². The van der Waals surface area contributed by atoms with Gasteiger partial charge in [0.15, 0.2) is 11.5 Å². The van der Waals surface area contributed by atoms with Gasteiger partial charge in [-0.3, -0.25) is 14.9 Å². The van der Waals surface area contributed by atoms with Crippen molar-refractivity contribution in [1.29, 1.82) is 0 Å². The van der Waals surface area contributed by atoms with Crippen LogP contribution in [0.4, 0.5) is 15.8 Å². The monoisotopic (exact) mass is 577 g/mol. The van der Waals surface area contributed by atoms with Crippen LogP contribution < -0.4 is 10.6 Å². The average Bonchev–Trinajstić information content (AvgIpc) is 3.60. The van der Waals surface area contributed by atoms with Crippen LogP contribution in [0.2, 0.25) is 0 Å². The summed E-state index contributed by atoms with van der Waals surface area (Å²) in [6.07, 6.45) is 6.31. The van der Waals surface area contributed by atoms with E-state index in [0.717, 1.165) is 46.1 Å². The molecule has 4 heterocycles. The van der Waals surface area contributed by atoms with Gasteiger partial charge in [0.05, 0.1) is 28.3 Å². The van der Waals surface area contributed by atoms with Crippen molar-refractivity contribution in [3.05, 3.63) is 72.9 Å². The van der Waals surface area contributed by atoms with E-state index in [1.54, 1.807) is 18.6 Å². The molecular weight excluding hydrogens is 545 g/mol. The maximum absolute atomic E-state index is 14.7. The molecule has 0 aliphatic carbocycles. The molecule has 0 atom stereocenters. The minimum Gasteiger partial charge on any atom is -0.384 e. The van der Waals surface area contributed by atoms with Crippen molar-refractivity contribution in [1.82, 2.24) is 35.0 Å². The highest BCUT2D eigenvalue weighted by Gasteiger charge is 2.17. The number of carbonyl (C=O) groups excluding carboxylic acids is 1. The Balaban J connectivity index is 1.35. The highest BCUT2D eigenvalue weighted by atomic mass is 19.1. The predicted molar refractivity (Wildman–Crippen MR) is 168 cm³/mol. The Morgan fingerprint density at radius 3 is 2.67 bits per heavy atom. The number of nitrogens with one attached hydrogen (secondary N) is 4. The van der Waals surface area contributed by atoms with Crippen LogP contribution in [0.5, 0.6) is 0 Å². The minimum atomic E-state index is -0.321. The van der Waals surface area contributed by atoms with Gasteiger partial charge in [0.1, 0.15) is 11.5 Å². The first kappa shape index (κ1) is 28.0. The molecule has 0 spiro atoms. The van der Waals surface area contributed by atoms with Crippen LogP contribution in [0.15, 0.2) is 67.1 Å². The Labute approximate surface area is 247 Å². The number of aromatic nitrogens is 6. The Morgan fingerprint density at radius 2 is 1.84 bits per heavy atom. The molecule has 43 heavy (non-hydrogen) atoms. The molecule has 10 nitrogen and oxygen atoms in total. The number of imidazole rings is 1. The second-order valence-corrected chi connectivity index (χ2v) is 10.7. The molecule has 6 rings (SSSR count). The van der Waals surface area contributed by atoms with Crippen molar-refractivity contribution in [3.8, 4) is 33.8 Å². The van der Waals surface area contributed by atoms with Crippen LogP contribution in [0, 0.1) is 5.82 Å². The molecule has 4 N–H and O–H groups in total. The number of H-pyrrole nitrogens is 2. The number of anilines is 2. The number of likely N-dealkylation sites (N-methyl/N-ethyl adjacent to an activating group) is 1. The molecule has 11 heteroatoms. The number of para-hydroxylation sites is 1. The van der Waals surface area contributed by atoms with Gasteiger partial charge in [-0.05, 0) is 62.5 Å². The van der Waals surface area contributed by atoms with E-state index in [9.17, 15) is 9.18 Å². The first-order valence-corrected chi connectivity index (χ1v) is 14.2. The predicted octanol–water partition coefficient (Wildman–Crippen LogP) is 6.08. The maximum Gasteiger partial charge on any atom is 0.224 e. The van der Waals surface area contributed by atoms with Crippen LogP contribution in [-0.2, 0) is 4.79 Å². The molecule has 0 fully saturated rings. The fourth-order valence-electron chi connectivity index (χ4n) is 5.01. The molecule has 1 amide bonds. The summed E-state index contributed by atoms with van der Waals surface area (Å²) < 4.78 is 14.7. The fourth-order valence-corrected chi connectivity index (χ4v) is 5.01. The van der Waals surface area contributed by atoms with Gasteiger partial charge in [-0.25, -0.2) is 14.4 Å². The van der Waals surface area contributed by atoms with E-state index in [1.165, 1.54) is 12.1 Å². The first-order chi connectivity index (χ1) is 20.9. The number of halogens is 1. The Morgan fingerprint density at radius 1 is 1.00 bits per heavy atom. The highest BCUT2D eigenvalue weighted by Crippen LogP contribution is 2.34. The van der Waals surface area contributed by atoms with E-state index in [4.69, 9.17) is 4.98 Å². The lowest BCUT2D eigenvalue weighted by molar-refractivity contribution is -0.116. The van der Waals surface area contributed by atoms with Gasteiger partial charge in [0, 0.05) is 54.3 Å². The lowest BCUT2D eigenvalue weighted by Gasteiger charge is -2.13. The molecule has 218 valence electrons. The van der Waals surface area contributed by atoms with Crippen molar-refractivity contribution in [2.45, 2.75) is 19.8 Å². The molecule has 0 bridgehead atoms. The zero-order chi connectivity index (χ0) is 29.9. The average molecular weight is 578 g/mol. The molecular formula is C32H32FN9O. The number of fused-ring (bicyclic) bond motifs is 2. The second-order valence-electron chi connectivity index (χ2n) is 10.7. The van der Waals surface area contributed by atoms with Crippen LogP contribution in [0.1, 0.15) is 19.8 Å². The van der Waals surface area contributed by atoms with Gasteiger partial charge in [-0.1, -0.05) is 19.1 Å². The van der Waals surface area contributed by atoms with Crippen molar-refractivity contribution in [3.63, 3.8) is 0 Å². The Bertz CT molecular complexity index is 1930. The number of rotatable bonds is 10. The highest BCUT2D eigenvalue weighted by molar-refractivity contribution is 5.98. The molecule has 0 radical (unpaired) electrons. The minimum absolute atomic E-state index is 0.0496. The van der Waals surface area contributed by atoms with Crippen LogP contribution in [0.3, 0.4) is 0 Å².